The van der Waals surface area contributed by atoms with Crippen LogP contribution in [0.4, 0.5) is 0 Å². The van der Waals surface area contributed by atoms with Gasteiger partial charge in [0.15, 0.2) is 0 Å². The molecule has 0 aliphatic heterocycles. The third-order valence-electron chi connectivity index (χ3n) is 6.06. The monoisotopic (exact) mass is 477 g/mol. The maximum Gasteiger partial charge on any atom is 0.266 e. The summed E-state index contributed by atoms with van der Waals surface area (Å²) in [6.07, 6.45) is 19.3. The smallest absolute Gasteiger partial charge is 0.266 e. The number of hydrogen-bond acceptors (Lipinski definition) is 4. The van der Waals surface area contributed by atoms with Gasteiger partial charge in [-0.3, -0.25) is 9.35 Å². The molecule has 0 radical (unpaired) electrons. The van der Waals surface area contributed by atoms with Crippen molar-refractivity contribution in [1.29, 1.82) is 0 Å². The van der Waals surface area contributed by atoms with Gasteiger partial charge in [0.25, 0.3) is 10.1 Å². The molecule has 0 saturated heterocycles. The van der Waals surface area contributed by atoms with Gasteiger partial charge in [-0.05, 0) is 12.8 Å². The predicted octanol–water partition coefficient (Wildman–Crippen LogP) is 6.17. The lowest BCUT2D eigenvalue weighted by molar-refractivity contribution is -0.122. The van der Waals surface area contributed by atoms with Crippen LogP contribution in [0.3, 0.4) is 0 Å². The highest BCUT2D eigenvalue weighted by atomic mass is 32.2. The minimum atomic E-state index is -4.28. The fourth-order valence-corrected chi connectivity index (χ4v) is 4.80. The zero-order valence-electron chi connectivity index (χ0n) is 20.8. The third kappa shape index (κ3) is 21.2. The zero-order valence-corrected chi connectivity index (χ0v) is 21.6. The van der Waals surface area contributed by atoms with Crippen molar-refractivity contribution in [2.45, 2.75) is 148 Å². The molecule has 6 nitrogen and oxygen atoms in total. The Morgan fingerprint density at radius 1 is 0.719 bits per heavy atom. The van der Waals surface area contributed by atoms with Gasteiger partial charge in [-0.1, -0.05) is 117 Å². The number of rotatable bonds is 23. The van der Waals surface area contributed by atoms with Gasteiger partial charge in [-0.15, -0.1) is 0 Å². The molecule has 0 aromatic rings. The lowest BCUT2D eigenvalue weighted by atomic mass is 10.0. The second kappa shape index (κ2) is 20.9. The molecule has 3 N–H and O–H groups in total. The molecule has 0 aromatic carbocycles. The molecule has 0 saturated carbocycles. The summed E-state index contributed by atoms with van der Waals surface area (Å²) < 4.78 is 31.9. The maximum atomic E-state index is 12.3. The van der Waals surface area contributed by atoms with Crippen LogP contribution in [0.5, 0.6) is 0 Å². The van der Waals surface area contributed by atoms with Crippen molar-refractivity contribution in [3.05, 3.63) is 0 Å². The van der Waals surface area contributed by atoms with Crippen molar-refractivity contribution in [3.8, 4) is 0 Å². The number of carbonyl (C=O) groups is 1. The highest BCUT2D eigenvalue weighted by Crippen LogP contribution is 2.14. The Bertz CT molecular complexity index is 538. The van der Waals surface area contributed by atoms with Crippen LogP contribution in [0.25, 0.3) is 0 Å². The quantitative estimate of drug-likeness (QED) is 0.121. The van der Waals surface area contributed by atoms with Crippen molar-refractivity contribution in [2.75, 3.05) is 5.75 Å². The summed E-state index contributed by atoms with van der Waals surface area (Å²) >= 11 is 0. The minimum absolute atomic E-state index is 0.253. The van der Waals surface area contributed by atoms with Crippen LogP contribution in [0.1, 0.15) is 136 Å². The molecule has 2 atom stereocenters. The van der Waals surface area contributed by atoms with E-state index in [0.29, 0.717) is 12.8 Å². The van der Waals surface area contributed by atoms with E-state index in [4.69, 9.17) is 0 Å². The van der Waals surface area contributed by atoms with Crippen molar-refractivity contribution in [3.63, 3.8) is 0 Å². The molecule has 1 amide bonds. The van der Waals surface area contributed by atoms with Crippen LogP contribution in [-0.2, 0) is 14.9 Å². The molecule has 0 bridgehead atoms. The van der Waals surface area contributed by atoms with E-state index in [1.54, 1.807) is 0 Å². The molecule has 7 heteroatoms. The molecule has 0 rings (SSSR count). The number of aliphatic hydroxyl groups excluding tert-OH is 1. The summed E-state index contributed by atoms with van der Waals surface area (Å²) in [6, 6.07) is -0.958. The molecule has 0 aliphatic rings. The van der Waals surface area contributed by atoms with Gasteiger partial charge in [-0.2, -0.15) is 8.42 Å². The maximum absolute atomic E-state index is 12.3. The summed E-state index contributed by atoms with van der Waals surface area (Å²) in [4.78, 5) is 12.3. The van der Waals surface area contributed by atoms with Crippen molar-refractivity contribution < 1.29 is 22.9 Å². The largest absolute Gasteiger partial charge is 0.391 e. The van der Waals surface area contributed by atoms with Crippen molar-refractivity contribution >= 4 is 16.0 Å². The normalized spacial score (nSPS) is 13.8. The van der Waals surface area contributed by atoms with Crippen LogP contribution in [0.15, 0.2) is 0 Å². The Hall–Kier alpha value is -0.660. The lowest BCUT2D eigenvalue weighted by Crippen LogP contribution is -2.47. The summed E-state index contributed by atoms with van der Waals surface area (Å²) in [5, 5.41) is 13.0. The van der Waals surface area contributed by atoms with E-state index in [0.717, 1.165) is 44.9 Å². The van der Waals surface area contributed by atoms with Crippen LogP contribution >= 0.6 is 0 Å². The average molecular weight is 478 g/mol. The Balaban J connectivity index is 4.04. The third-order valence-corrected chi connectivity index (χ3v) is 6.84. The number of aliphatic hydroxyl groups is 1. The van der Waals surface area contributed by atoms with Gasteiger partial charge in [0, 0.05) is 6.42 Å². The van der Waals surface area contributed by atoms with Gasteiger partial charge in [0.1, 0.15) is 0 Å². The molecule has 0 fully saturated rings. The summed E-state index contributed by atoms with van der Waals surface area (Å²) in [6.45, 7) is 4.39. The van der Waals surface area contributed by atoms with Gasteiger partial charge in [0.2, 0.25) is 5.91 Å². The first-order valence-electron chi connectivity index (χ1n) is 13.2. The number of carbonyl (C=O) groups excluding carboxylic acids is 1. The molecule has 2 unspecified atom stereocenters. The molecule has 0 aromatic heterocycles. The van der Waals surface area contributed by atoms with Crippen LogP contribution in [-0.4, -0.2) is 41.9 Å². The van der Waals surface area contributed by atoms with Crippen LogP contribution < -0.4 is 5.32 Å². The van der Waals surface area contributed by atoms with E-state index < -0.39 is 28.0 Å². The number of nitrogens with one attached hydrogen (secondary N) is 1. The van der Waals surface area contributed by atoms with E-state index in [1.165, 1.54) is 64.2 Å². The van der Waals surface area contributed by atoms with E-state index in [9.17, 15) is 22.9 Å². The minimum Gasteiger partial charge on any atom is -0.391 e. The van der Waals surface area contributed by atoms with E-state index >= 15 is 0 Å². The number of unbranched alkanes of at least 4 members (excludes halogenated alkanes) is 15. The molecule has 192 valence electrons. The average Bonchev–Trinajstić information content (AvgIpc) is 2.73. The molecule has 0 heterocycles. The zero-order chi connectivity index (χ0) is 24.1. The Morgan fingerprint density at radius 2 is 1.12 bits per heavy atom. The SMILES string of the molecule is CCCCCCCCCCCCCC(=O)NC(CS(=O)(=O)O)C(O)CCCCCCCC. The molecule has 0 aliphatic carbocycles. The topological polar surface area (TPSA) is 104 Å². The molecule has 32 heavy (non-hydrogen) atoms. The summed E-state index contributed by atoms with van der Waals surface area (Å²) in [7, 11) is -4.28. The molecule has 0 spiro atoms. The first-order chi connectivity index (χ1) is 15.3. The van der Waals surface area contributed by atoms with Crippen LogP contribution in [0, 0.1) is 0 Å². The van der Waals surface area contributed by atoms with Gasteiger partial charge in [-0.25, -0.2) is 0 Å². The highest BCUT2D eigenvalue weighted by Gasteiger charge is 2.25. The van der Waals surface area contributed by atoms with Crippen LogP contribution in [0.2, 0.25) is 0 Å². The Labute approximate surface area is 198 Å². The first-order valence-corrected chi connectivity index (χ1v) is 14.8. The van der Waals surface area contributed by atoms with E-state index in [2.05, 4.69) is 19.2 Å². The Kier molecular flexibility index (Phi) is 20.5. The molecular formula is C25H51NO5S. The standard InChI is InChI=1S/C25H51NO5S/c1-3-5-7-9-11-12-13-14-15-17-19-21-25(28)26-23(22-32(29,30)31)24(27)20-18-16-10-8-6-4-2/h23-24,27H,3-22H2,1-2H3,(H,26,28)(H,29,30,31). The second-order valence-corrected chi connectivity index (χ2v) is 10.8. The van der Waals surface area contributed by atoms with Gasteiger partial charge < -0.3 is 10.4 Å². The predicted molar refractivity (Wildman–Crippen MR) is 133 cm³/mol. The van der Waals surface area contributed by atoms with E-state index in [-0.39, 0.29) is 5.91 Å². The van der Waals surface area contributed by atoms with Gasteiger partial charge in [0.05, 0.1) is 17.9 Å². The second-order valence-electron chi connectivity index (χ2n) is 9.33. The number of hydrogen-bond donors (Lipinski definition) is 3. The molecular weight excluding hydrogens is 426 g/mol. The van der Waals surface area contributed by atoms with Crippen molar-refractivity contribution in [1.82, 2.24) is 5.32 Å². The Morgan fingerprint density at radius 3 is 1.56 bits per heavy atom. The summed E-state index contributed by atoms with van der Waals surface area (Å²) in [5.41, 5.74) is 0. The van der Waals surface area contributed by atoms with Gasteiger partial charge >= 0.3 is 0 Å². The fraction of sp³-hybridized carbons (Fsp3) is 0.960. The van der Waals surface area contributed by atoms with E-state index in [1.807, 2.05) is 0 Å². The lowest BCUT2D eigenvalue weighted by Gasteiger charge is -2.23. The summed E-state index contributed by atoms with van der Waals surface area (Å²) in [5.74, 6) is -0.898. The highest BCUT2D eigenvalue weighted by molar-refractivity contribution is 7.85. The fourth-order valence-electron chi connectivity index (χ4n) is 4.04. The number of amides is 1. The first kappa shape index (κ1) is 31.3. The van der Waals surface area contributed by atoms with Crippen molar-refractivity contribution in [2.24, 2.45) is 0 Å².